The Morgan fingerprint density at radius 3 is 2.85 bits per heavy atom. The maximum atomic E-state index is 8.42. The van der Waals surface area contributed by atoms with E-state index in [1.165, 1.54) is 5.56 Å². The third-order valence-electron chi connectivity index (χ3n) is 1.78. The zero-order valence-corrected chi connectivity index (χ0v) is 9.40. The van der Waals surface area contributed by atoms with Gasteiger partial charge in [-0.2, -0.15) is 5.26 Å². The number of hydrogen-bond donors (Lipinski definition) is 0. The minimum atomic E-state index is 0.501. The first-order valence-electron chi connectivity index (χ1n) is 3.98. The van der Waals surface area contributed by atoms with E-state index >= 15 is 0 Å². The summed E-state index contributed by atoms with van der Waals surface area (Å²) in [5, 5.41) is 8.42. The highest BCUT2D eigenvalue weighted by Gasteiger charge is 2.00. The summed E-state index contributed by atoms with van der Waals surface area (Å²) in [5.74, 6) is 0.501. The van der Waals surface area contributed by atoms with Crippen LogP contribution in [-0.2, 0) is 12.3 Å². The molecule has 0 fully saturated rings. The predicted molar refractivity (Wildman–Crippen MR) is 57.6 cm³/mol. The third-order valence-corrected chi connectivity index (χ3v) is 2.84. The van der Waals surface area contributed by atoms with Gasteiger partial charge in [-0.3, -0.25) is 0 Å². The van der Waals surface area contributed by atoms with Crippen LogP contribution in [0.1, 0.15) is 17.5 Å². The van der Waals surface area contributed by atoms with E-state index in [0.29, 0.717) is 12.3 Å². The van der Waals surface area contributed by atoms with Crippen LogP contribution in [0.15, 0.2) is 22.7 Å². The Bertz CT molecular complexity index is 330. The van der Waals surface area contributed by atoms with Gasteiger partial charge in [-0.25, -0.2) is 0 Å². The normalized spacial score (nSPS) is 9.62. The predicted octanol–water partition coefficient (Wildman–Crippen LogP) is 3.64. The van der Waals surface area contributed by atoms with Crippen LogP contribution in [0.5, 0.6) is 0 Å². The highest BCUT2D eigenvalue weighted by Crippen LogP contribution is 2.20. The van der Waals surface area contributed by atoms with Gasteiger partial charge in [0, 0.05) is 16.8 Å². The summed E-state index contributed by atoms with van der Waals surface area (Å²) < 4.78 is 1.03. The van der Waals surface area contributed by atoms with E-state index in [0.717, 1.165) is 16.5 Å². The first kappa shape index (κ1) is 10.6. The van der Waals surface area contributed by atoms with Crippen LogP contribution >= 0.6 is 27.5 Å². The Labute approximate surface area is 91.5 Å². The molecule has 0 atom stereocenters. The maximum absolute atomic E-state index is 8.42. The lowest BCUT2D eigenvalue weighted by Crippen LogP contribution is -1.87. The maximum Gasteiger partial charge on any atom is 0.0625 e. The summed E-state index contributed by atoms with van der Waals surface area (Å²) in [6.45, 7) is 0. The highest BCUT2D eigenvalue weighted by molar-refractivity contribution is 9.10. The second kappa shape index (κ2) is 5.26. The van der Waals surface area contributed by atoms with E-state index in [1.54, 1.807) is 0 Å². The van der Waals surface area contributed by atoms with E-state index in [1.807, 2.05) is 18.2 Å². The molecule has 0 radical (unpaired) electrons. The summed E-state index contributed by atoms with van der Waals surface area (Å²) in [6, 6.07) is 8.15. The average molecular weight is 259 g/mol. The smallest absolute Gasteiger partial charge is 0.0625 e. The highest BCUT2D eigenvalue weighted by atomic mass is 79.9. The molecule has 0 saturated heterocycles. The number of halogens is 2. The summed E-state index contributed by atoms with van der Waals surface area (Å²) >= 11 is 9.15. The molecule has 0 aliphatic heterocycles. The molecule has 0 heterocycles. The average Bonchev–Trinajstić information content (AvgIpc) is 2.16. The van der Waals surface area contributed by atoms with Crippen molar-refractivity contribution in [2.75, 3.05) is 0 Å². The van der Waals surface area contributed by atoms with Gasteiger partial charge < -0.3 is 0 Å². The third kappa shape index (κ3) is 3.02. The topological polar surface area (TPSA) is 23.8 Å². The summed E-state index contributed by atoms with van der Waals surface area (Å²) in [4.78, 5) is 0. The van der Waals surface area contributed by atoms with Gasteiger partial charge in [0.25, 0.3) is 0 Å². The van der Waals surface area contributed by atoms with Gasteiger partial charge in [0.2, 0.25) is 0 Å². The largest absolute Gasteiger partial charge is 0.198 e. The van der Waals surface area contributed by atoms with Crippen LogP contribution in [0, 0.1) is 11.3 Å². The molecule has 0 spiro atoms. The van der Waals surface area contributed by atoms with Gasteiger partial charge in [0.1, 0.15) is 0 Å². The Morgan fingerprint density at radius 2 is 2.23 bits per heavy atom. The van der Waals surface area contributed by atoms with Crippen molar-refractivity contribution in [3.63, 3.8) is 0 Å². The van der Waals surface area contributed by atoms with Crippen LogP contribution in [0.25, 0.3) is 0 Å². The lowest BCUT2D eigenvalue weighted by Gasteiger charge is -2.03. The molecule has 1 nitrogen and oxygen atoms in total. The first-order valence-corrected chi connectivity index (χ1v) is 5.31. The minimum absolute atomic E-state index is 0.501. The fraction of sp³-hybridized carbons (Fsp3) is 0.300. The Hall–Kier alpha value is -0.520. The molecule has 1 aromatic rings. The van der Waals surface area contributed by atoms with Gasteiger partial charge in [-0.1, -0.05) is 28.1 Å². The molecule has 0 N–H and O–H groups in total. The van der Waals surface area contributed by atoms with Crippen molar-refractivity contribution in [1.82, 2.24) is 0 Å². The van der Waals surface area contributed by atoms with Crippen LogP contribution in [-0.4, -0.2) is 0 Å². The summed E-state index contributed by atoms with van der Waals surface area (Å²) in [6.07, 6.45) is 1.36. The molecular weight excluding hydrogens is 249 g/mol. The fourth-order valence-corrected chi connectivity index (χ4v) is 1.86. The van der Waals surface area contributed by atoms with Gasteiger partial charge in [0.15, 0.2) is 0 Å². The first-order chi connectivity index (χ1) is 6.27. The van der Waals surface area contributed by atoms with E-state index < -0.39 is 0 Å². The molecule has 0 saturated carbocycles. The Kier molecular flexibility index (Phi) is 4.27. The lowest BCUT2D eigenvalue weighted by molar-refractivity contribution is 1.01. The Morgan fingerprint density at radius 1 is 1.46 bits per heavy atom. The van der Waals surface area contributed by atoms with Gasteiger partial charge >= 0.3 is 0 Å². The van der Waals surface area contributed by atoms with Crippen molar-refractivity contribution >= 4 is 27.5 Å². The molecule has 68 valence electrons. The molecule has 0 aromatic heterocycles. The molecule has 1 rings (SSSR count). The quantitative estimate of drug-likeness (QED) is 0.759. The minimum Gasteiger partial charge on any atom is -0.198 e. The Balaban J connectivity index is 2.81. The number of benzene rings is 1. The van der Waals surface area contributed by atoms with E-state index in [-0.39, 0.29) is 0 Å². The number of nitrogens with zero attached hydrogens (tertiary/aromatic N) is 1. The van der Waals surface area contributed by atoms with Gasteiger partial charge in [-0.05, 0) is 23.6 Å². The molecule has 1 aromatic carbocycles. The lowest BCUT2D eigenvalue weighted by atomic mass is 10.1. The second-order valence-electron chi connectivity index (χ2n) is 2.72. The molecule has 0 unspecified atom stereocenters. The zero-order valence-electron chi connectivity index (χ0n) is 7.06. The van der Waals surface area contributed by atoms with Crippen molar-refractivity contribution in [2.24, 2.45) is 0 Å². The van der Waals surface area contributed by atoms with Crippen molar-refractivity contribution in [2.45, 2.75) is 18.7 Å². The van der Waals surface area contributed by atoms with Crippen LogP contribution < -0.4 is 0 Å². The van der Waals surface area contributed by atoms with Crippen molar-refractivity contribution < 1.29 is 0 Å². The van der Waals surface area contributed by atoms with Crippen molar-refractivity contribution in [3.05, 3.63) is 33.8 Å². The molecule has 0 bridgehead atoms. The zero-order chi connectivity index (χ0) is 9.68. The number of aryl methyl sites for hydroxylation is 1. The summed E-state index contributed by atoms with van der Waals surface area (Å²) in [5.41, 5.74) is 2.25. The van der Waals surface area contributed by atoms with Crippen LogP contribution in [0.3, 0.4) is 0 Å². The second-order valence-corrected chi connectivity index (χ2v) is 3.84. The van der Waals surface area contributed by atoms with E-state index in [4.69, 9.17) is 16.9 Å². The molecule has 13 heavy (non-hydrogen) atoms. The SMILES string of the molecule is N#CCCc1ccc(Br)c(CCl)c1. The molecule has 0 amide bonds. The molecule has 0 aliphatic carbocycles. The van der Waals surface area contributed by atoms with E-state index in [2.05, 4.69) is 22.0 Å². The number of hydrogen-bond acceptors (Lipinski definition) is 1. The number of nitriles is 1. The summed E-state index contributed by atoms with van der Waals surface area (Å²) in [7, 11) is 0. The van der Waals surface area contributed by atoms with E-state index in [9.17, 15) is 0 Å². The van der Waals surface area contributed by atoms with Gasteiger partial charge in [0.05, 0.1) is 6.07 Å². The molecule has 0 aliphatic rings. The molecule has 3 heteroatoms. The number of rotatable bonds is 3. The van der Waals surface area contributed by atoms with Crippen LogP contribution in [0.2, 0.25) is 0 Å². The van der Waals surface area contributed by atoms with Crippen LogP contribution in [0.4, 0.5) is 0 Å². The van der Waals surface area contributed by atoms with Gasteiger partial charge in [-0.15, -0.1) is 11.6 Å². The molecular formula is C10H9BrClN. The number of alkyl halides is 1. The van der Waals surface area contributed by atoms with Crippen molar-refractivity contribution in [1.29, 1.82) is 5.26 Å². The fourth-order valence-electron chi connectivity index (χ4n) is 1.09. The van der Waals surface area contributed by atoms with Crippen molar-refractivity contribution in [3.8, 4) is 6.07 Å². The standard InChI is InChI=1S/C10H9BrClN/c11-10-4-3-8(2-1-5-13)6-9(10)7-12/h3-4,6H,1-2,7H2. The monoisotopic (exact) mass is 257 g/mol.